The molecule has 0 aliphatic carbocycles. The molecule has 0 saturated carbocycles. The zero-order valence-corrected chi connectivity index (χ0v) is 14.2. The number of pyridine rings is 1. The van der Waals surface area contributed by atoms with Gasteiger partial charge in [0.25, 0.3) is 0 Å². The number of aromatic nitrogens is 1. The van der Waals surface area contributed by atoms with Gasteiger partial charge < -0.3 is 14.2 Å². The summed E-state index contributed by atoms with van der Waals surface area (Å²) in [6.07, 6.45) is 1.77. The van der Waals surface area contributed by atoms with E-state index >= 15 is 0 Å². The van der Waals surface area contributed by atoms with Gasteiger partial charge in [0.2, 0.25) is 5.75 Å². The summed E-state index contributed by atoms with van der Waals surface area (Å²) in [5.74, 6) is 1.70. The van der Waals surface area contributed by atoms with Gasteiger partial charge in [0.15, 0.2) is 11.5 Å². The fraction of sp³-hybridized carbons (Fsp3) is 0.353. The lowest BCUT2D eigenvalue weighted by molar-refractivity contribution is 0.324. The SMILES string of the molecule is COc1cc(C(Cl)c2nccc(C)c2C)cc(OC)c1OC. The van der Waals surface area contributed by atoms with Crippen molar-refractivity contribution in [3.8, 4) is 17.2 Å². The second-order valence-electron chi connectivity index (χ2n) is 4.96. The summed E-state index contributed by atoms with van der Waals surface area (Å²) in [4.78, 5) is 4.42. The normalized spacial score (nSPS) is 11.9. The highest BCUT2D eigenvalue weighted by Crippen LogP contribution is 2.42. The molecule has 1 unspecified atom stereocenters. The summed E-state index contributed by atoms with van der Waals surface area (Å²) in [5.41, 5.74) is 3.91. The molecule has 4 nitrogen and oxygen atoms in total. The molecule has 0 fully saturated rings. The van der Waals surface area contributed by atoms with Crippen molar-refractivity contribution >= 4 is 11.6 Å². The Kier molecular flexibility index (Phi) is 5.14. The van der Waals surface area contributed by atoms with E-state index in [0.29, 0.717) is 17.2 Å². The number of ether oxygens (including phenoxy) is 3. The van der Waals surface area contributed by atoms with Crippen molar-refractivity contribution in [3.05, 3.63) is 46.8 Å². The topological polar surface area (TPSA) is 40.6 Å². The first-order valence-electron chi connectivity index (χ1n) is 6.89. The van der Waals surface area contributed by atoms with E-state index < -0.39 is 5.38 Å². The minimum Gasteiger partial charge on any atom is -0.493 e. The molecule has 118 valence electrons. The number of aryl methyl sites for hydroxylation is 1. The molecule has 2 aromatic rings. The van der Waals surface area contributed by atoms with Crippen molar-refractivity contribution in [1.82, 2.24) is 4.98 Å². The fourth-order valence-electron chi connectivity index (χ4n) is 2.31. The summed E-state index contributed by atoms with van der Waals surface area (Å²) in [5, 5.41) is -0.395. The van der Waals surface area contributed by atoms with Gasteiger partial charge in [-0.15, -0.1) is 11.6 Å². The van der Waals surface area contributed by atoms with E-state index in [2.05, 4.69) is 4.98 Å². The third kappa shape index (κ3) is 2.97. The highest BCUT2D eigenvalue weighted by Gasteiger charge is 2.21. The maximum Gasteiger partial charge on any atom is 0.203 e. The molecule has 22 heavy (non-hydrogen) atoms. The Labute approximate surface area is 136 Å². The third-order valence-corrected chi connectivity index (χ3v) is 4.19. The van der Waals surface area contributed by atoms with Crippen LogP contribution in [0, 0.1) is 13.8 Å². The monoisotopic (exact) mass is 321 g/mol. The van der Waals surface area contributed by atoms with Crippen molar-refractivity contribution < 1.29 is 14.2 Å². The molecule has 1 atom stereocenters. The van der Waals surface area contributed by atoms with Gasteiger partial charge in [-0.3, -0.25) is 4.98 Å². The zero-order chi connectivity index (χ0) is 16.3. The Bertz CT molecular complexity index is 648. The predicted molar refractivity (Wildman–Crippen MR) is 87.5 cm³/mol. The molecule has 0 bridgehead atoms. The van der Waals surface area contributed by atoms with Crippen LogP contribution in [0.4, 0.5) is 0 Å². The van der Waals surface area contributed by atoms with Crippen LogP contribution in [0.1, 0.15) is 27.8 Å². The summed E-state index contributed by atoms with van der Waals surface area (Å²) in [7, 11) is 4.74. The second kappa shape index (κ2) is 6.88. The molecule has 1 heterocycles. The summed E-state index contributed by atoms with van der Waals surface area (Å²) >= 11 is 6.65. The van der Waals surface area contributed by atoms with Crippen LogP contribution < -0.4 is 14.2 Å². The van der Waals surface area contributed by atoms with Gasteiger partial charge in [-0.05, 0) is 48.7 Å². The maximum absolute atomic E-state index is 6.65. The van der Waals surface area contributed by atoms with Gasteiger partial charge in [-0.25, -0.2) is 0 Å². The standard InChI is InChI=1S/C17H20ClNO3/c1-10-6-7-19-16(11(10)2)15(18)12-8-13(20-3)17(22-5)14(9-12)21-4/h6-9,15H,1-5H3. The highest BCUT2D eigenvalue weighted by atomic mass is 35.5. The number of methoxy groups -OCH3 is 3. The molecule has 0 N–H and O–H groups in total. The van der Waals surface area contributed by atoms with E-state index in [1.54, 1.807) is 27.5 Å². The van der Waals surface area contributed by atoms with Gasteiger partial charge in [0, 0.05) is 6.20 Å². The minimum absolute atomic E-state index is 0.395. The van der Waals surface area contributed by atoms with Gasteiger partial charge >= 0.3 is 0 Å². The van der Waals surface area contributed by atoms with Crippen molar-refractivity contribution in [2.45, 2.75) is 19.2 Å². The van der Waals surface area contributed by atoms with Crippen LogP contribution in [0.25, 0.3) is 0 Å². The minimum atomic E-state index is -0.395. The lowest BCUT2D eigenvalue weighted by Crippen LogP contribution is -2.03. The number of halogens is 1. The molecule has 0 saturated heterocycles. The smallest absolute Gasteiger partial charge is 0.203 e. The molecule has 1 aromatic carbocycles. The van der Waals surface area contributed by atoms with Crippen molar-refractivity contribution in [1.29, 1.82) is 0 Å². The van der Waals surface area contributed by atoms with Gasteiger partial charge in [0.1, 0.15) is 5.38 Å². The average Bonchev–Trinajstić information content (AvgIpc) is 2.55. The van der Waals surface area contributed by atoms with E-state index in [1.807, 2.05) is 32.0 Å². The van der Waals surface area contributed by atoms with Crippen LogP contribution in [0.3, 0.4) is 0 Å². The summed E-state index contributed by atoms with van der Waals surface area (Å²) < 4.78 is 16.1. The first kappa shape index (κ1) is 16.4. The first-order valence-corrected chi connectivity index (χ1v) is 7.33. The van der Waals surface area contributed by atoms with E-state index in [-0.39, 0.29) is 0 Å². The van der Waals surface area contributed by atoms with E-state index in [9.17, 15) is 0 Å². The zero-order valence-electron chi connectivity index (χ0n) is 13.4. The Morgan fingerprint density at radius 1 is 1.00 bits per heavy atom. The largest absolute Gasteiger partial charge is 0.493 e. The number of nitrogens with zero attached hydrogens (tertiary/aromatic N) is 1. The van der Waals surface area contributed by atoms with Crippen LogP contribution in [-0.2, 0) is 0 Å². The number of hydrogen-bond acceptors (Lipinski definition) is 4. The van der Waals surface area contributed by atoms with Gasteiger partial charge in [0.05, 0.1) is 27.0 Å². The Morgan fingerprint density at radius 3 is 2.09 bits per heavy atom. The molecular formula is C17H20ClNO3. The lowest BCUT2D eigenvalue weighted by atomic mass is 10.0. The molecular weight excluding hydrogens is 302 g/mol. The fourth-order valence-corrected chi connectivity index (χ4v) is 2.66. The van der Waals surface area contributed by atoms with Gasteiger partial charge in [-0.2, -0.15) is 0 Å². The van der Waals surface area contributed by atoms with E-state index in [1.165, 1.54) is 0 Å². The van der Waals surface area contributed by atoms with E-state index in [0.717, 1.165) is 22.4 Å². The number of rotatable bonds is 5. The first-order chi connectivity index (χ1) is 10.5. The van der Waals surface area contributed by atoms with Crippen LogP contribution in [-0.4, -0.2) is 26.3 Å². The molecule has 2 rings (SSSR count). The molecule has 5 heteroatoms. The van der Waals surface area contributed by atoms with Gasteiger partial charge in [-0.1, -0.05) is 0 Å². The Morgan fingerprint density at radius 2 is 1.59 bits per heavy atom. The lowest BCUT2D eigenvalue weighted by Gasteiger charge is -2.18. The van der Waals surface area contributed by atoms with Crippen molar-refractivity contribution in [2.24, 2.45) is 0 Å². The molecule has 0 spiro atoms. The third-order valence-electron chi connectivity index (χ3n) is 3.73. The van der Waals surface area contributed by atoms with Crippen LogP contribution in [0.15, 0.2) is 24.4 Å². The Balaban J connectivity index is 2.54. The molecule has 0 aliphatic heterocycles. The van der Waals surface area contributed by atoms with E-state index in [4.69, 9.17) is 25.8 Å². The number of hydrogen-bond donors (Lipinski definition) is 0. The van der Waals surface area contributed by atoms with Crippen LogP contribution >= 0.6 is 11.6 Å². The Hall–Kier alpha value is -1.94. The molecule has 0 amide bonds. The highest BCUT2D eigenvalue weighted by molar-refractivity contribution is 6.22. The number of benzene rings is 1. The summed E-state index contributed by atoms with van der Waals surface area (Å²) in [6.45, 7) is 4.06. The summed E-state index contributed by atoms with van der Waals surface area (Å²) in [6, 6.07) is 5.67. The predicted octanol–water partition coefficient (Wildman–Crippen LogP) is 4.05. The number of alkyl halides is 1. The second-order valence-corrected chi connectivity index (χ2v) is 5.40. The maximum atomic E-state index is 6.65. The quantitative estimate of drug-likeness (QED) is 0.779. The molecule has 1 aromatic heterocycles. The van der Waals surface area contributed by atoms with Crippen LogP contribution in [0.5, 0.6) is 17.2 Å². The molecule has 0 aliphatic rings. The van der Waals surface area contributed by atoms with Crippen molar-refractivity contribution in [2.75, 3.05) is 21.3 Å². The van der Waals surface area contributed by atoms with Crippen LogP contribution in [0.2, 0.25) is 0 Å². The average molecular weight is 322 g/mol. The molecule has 0 radical (unpaired) electrons. The van der Waals surface area contributed by atoms with Crippen molar-refractivity contribution in [3.63, 3.8) is 0 Å².